The molecule has 3 aromatic rings. The Kier molecular flexibility index (Phi) is 4.06. The van der Waals surface area contributed by atoms with Crippen LogP contribution in [0.3, 0.4) is 0 Å². The van der Waals surface area contributed by atoms with Crippen molar-refractivity contribution in [2.75, 3.05) is 0 Å². The molecule has 7 nitrogen and oxygen atoms in total. The van der Waals surface area contributed by atoms with Crippen LogP contribution < -0.4 is 10.9 Å². The second kappa shape index (κ2) is 6.40. The van der Waals surface area contributed by atoms with E-state index in [1.165, 1.54) is 10.2 Å². The molecule has 1 fully saturated rings. The molecule has 2 heterocycles. The normalized spacial score (nSPS) is 15.2. The molecule has 0 spiro atoms. The summed E-state index contributed by atoms with van der Waals surface area (Å²) in [5, 5.41) is 11.9. The lowest BCUT2D eigenvalue weighted by molar-refractivity contribution is -0.122. The topological polar surface area (TPSA) is 81.8 Å². The van der Waals surface area contributed by atoms with Crippen molar-refractivity contribution in [2.24, 2.45) is 0 Å². The Morgan fingerprint density at radius 1 is 1.23 bits per heavy atom. The summed E-state index contributed by atoms with van der Waals surface area (Å²) in [6.07, 6.45) is 5.36. The third-order valence-corrected chi connectivity index (χ3v) is 4.76. The lowest BCUT2D eigenvalue weighted by Crippen LogP contribution is -2.34. The van der Waals surface area contributed by atoms with Crippen molar-refractivity contribution in [1.29, 1.82) is 0 Å². The van der Waals surface area contributed by atoms with Crippen molar-refractivity contribution in [2.45, 2.75) is 45.3 Å². The van der Waals surface area contributed by atoms with Crippen molar-refractivity contribution in [3.8, 4) is 0 Å². The quantitative estimate of drug-likeness (QED) is 0.763. The highest BCUT2D eigenvalue weighted by Gasteiger charge is 2.26. The Labute approximate surface area is 150 Å². The van der Waals surface area contributed by atoms with Crippen LogP contribution in [0.25, 0.3) is 10.9 Å². The summed E-state index contributed by atoms with van der Waals surface area (Å²) < 4.78 is 3.05. The Balaban J connectivity index is 1.49. The predicted octanol–water partition coefficient (Wildman–Crippen LogP) is 2.11. The van der Waals surface area contributed by atoms with Gasteiger partial charge in [0.1, 0.15) is 6.54 Å². The molecule has 26 heavy (non-hydrogen) atoms. The SMILES string of the molecule is Cc1ccc([C@H](C)NC(=O)Cn2ncc3c(cnn3C3CC3)c2=O)cc1. The highest BCUT2D eigenvalue weighted by molar-refractivity contribution is 5.78. The first kappa shape index (κ1) is 16.5. The van der Waals surface area contributed by atoms with Gasteiger partial charge in [-0.2, -0.15) is 10.2 Å². The summed E-state index contributed by atoms with van der Waals surface area (Å²) in [5.74, 6) is -0.249. The van der Waals surface area contributed by atoms with Crippen LogP contribution in [-0.4, -0.2) is 25.5 Å². The lowest BCUT2D eigenvalue weighted by atomic mass is 10.1. The van der Waals surface area contributed by atoms with E-state index in [-0.39, 0.29) is 24.1 Å². The van der Waals surface area contributed by atoms with Crippen LogP contribution in [-0.2, 0) is 11.3 Å². The van der Waals surface area contributed by atoms with Gasteiger partial charge >= 0.3 is 0 Å². The van der Waals surface area contributed by atoms with Crippen LogP contribution in [0.5, 0.6) is 0 Å². The van der Waals surface area contributed by atoms with Gasteiger partial charge in [0.25, 0.3) is 5.56 Å². The molecule has 0 aliphatic heterocycles. The van der Waals surface area contributed by atoms with Crippen molar-refractivity contribution < 1.29 is 4.79 Å². The Hall–Kier alpha value is -2.96. The van der Waals surface area contributed by atoms with E-state index in [0.717, 1.165) is 23.9 Å². The van der Waals surface area contributed by atoms with Crippen molar-refractivity contribution in [1.82, 2.24) is 24.9 Å². The monoisotopic (exact) mass is 351 g/mol. The van der Waals surface area contributed by atoms with Gasteiger partial charge in [-0.3, -0.25) is 14.3 Å². The Bertz CT molecular complexity index is 1010. The first-order chi connectivity index (χ1) is 12.5. The third kappa shape index (κ3) is 3.12. The minimum absolute atomic E-state index is 0.112. The lowest BCUT2D eigenvalue weighted by Gasteiger charge is -2.15. The summed E-state index contributed by atoms with van der Waals surface area (Å²) in [6.45, 7) is 3.83. The van der Waals surface area contributed by atoms with Gasteiger partial charge in [0.2, 0.25) is 5.91 Å². The van der Waals surface area contributed by atoms with Gasteiger partial charge in [0, 0.05) is 0 Å². The number of aryl methyl sites for hydroxylation is 1. The van der Waals surface area contributed by atoms with E-state index in [0.29, 0.717) is 11.4 Å². The van der Waals surface area contributed by atoms with Crippen LogP contribution in [0.1, 0.15) is 43.0 Å². The second-order valence-electron chi connectivity index (χ2n) is 6.93. The van der Waals surface area contributed by atoms with Gasteiger partial charge in [-0.25, -0.2) is 4.68 Å². The van der Waals surface area contributed by atoms with E-state index in [2.05, 4.69) is 15.5 Å². The maximum atomic E-state index is 12.6. The maximum Gasteiger partial charge on any atom is 0.278 e. The summed E-state index contributed by atoms with van der Waals surface area (Å²) in [4.78, 5) is 24.9. The average Bonchev–Trinajstić information content (AvgIpc) is 3.37. The van der Waals surface area contributed by atoms with E-state index in [1.54, 1.807) is 12.4 Å². The predicted molar refractivity (Wildman–Crippen MR) is 97.8 cm³/mol. The van der Waals surface area contributed by atoms with E-state index in [9.17, 15) is 9.59 Å². The van der Waals surface area contributed by atoms with Crippen molar-refractivity contribution in [3.05, 3.63) is 58.1 Å². The maximum absolute atomic E-state index is 12.6. The minimum atomic E-state index is -0.285. The molecule has 0 saturated heterocycles. The molecule has 4 rings (SSSR count). The van der Waals surface area contributed by atoms with Crippen LogP contribution in [0.15, 0.2) is 41.5 Å². The number of hydrogen-bond donors (Lipinski definition) is 1. The fourth-order valence-electron chi connectivity index (χ4n) is 3.07. The van der Waals surface area contributed by atoms with E-state index >= 15 is 0 Å². The molecule has 1 aliphatic rings. The van der Waals surface area contributed by atoms with Gasteiger partial charge in [-0.15, -0.1) is 0 Å². The number of amides is 1. The van der Waals surface area contributed by atoms with Gasteiger partial charge in [0.05, 0.1) is 35.4 Å². The van der Waals surface area contributed by atoms with Gasteiger partial charge in [-0.1, -0.05) is 29.8 Å². The Morgan fingerprint density at radius 3 is 2.65 bits per heavy atom. The zero-order valence-corrected chi connectivity index (χ0v) is 14.8. The molecule has 0 radical (unpaired) electrons. The zero-order valence-electron chi connectivity index (χ0n) is 14.8. The number of benzene rings is 1. The summed E-state index contributed by atoms with van der Waals surface area (Å²) >= 11 is 0. The smallest absolute Gasteiger partial charge is 0.278 e. The zero-order chi connectivity index (χ0) is 18.3. The molecule has 1 aliphatic carbocycles. The van der Waals surface area contributed by atoms with Gasteiger partial charge < -0.3 is 5.32 Å². The molecule has 1 atom stereocenters. The molecule has 1 N–H and O–H groups in total. The van der Waals surface area contributed by atoms with Crippen molar-refractivity contribution >= 4 is 16.8 Å². The number of hydrogen-bond acceptors (Lipinski definition) is 4. The number of carbonyl (C=O) groups is 1. The first-order valence-corrected chi connectivity index (χ1v) is 8.82. The number of rotatable bonds is 5. The molecule has 2 aromatic heterocycles. The average molecular weight is 351 g/mol. The highest BCUT2D eigenvalue weighted by atomic mass is 16.2. The number of carbonyl (C=O) groups excluding carboxylic acids is 1. The first-order valence-electron chi connectivity index (χ1n) is 8.82. The van der Waals surface area contributed by atoms with E-state index in [4.69, 9.17) is 0 Å². The third-order valence-electron chi connectivity index (χ3n) is 4.76. The molecule has 1 saturated carbocycles. The summed E-state index contributed by atoms with van der Waals surface area (Å²) in [5.41, 5.74) is 2.64. The molecular weight excluding hydrogens is 330 g/mol. The largest absolute Gasteiger partial charge is 0.348 e. The molecule has 7 heteroatoms. The van der Waals surface area contributed by atoms with Crippen LogP contribution in [0.2, 0.25) is 0 Å². The molecule has 134 valence electrons. The van der Waals surface area contributed by atoms with Crippen LogP contribution in [0, 0.1) is 6.92 Å². The second-order valence-corrected chi connectivity index (χ2v) is 6.93. The highest BCUT2D eigenvalue weighted by Crippen LogP contribution is 2.35. The Morgan fingerprint density at radius 2 is 1.96 bits per heavy atom. The number of nitrogens with one attached hydrogen (secondary N) is 1. The van der Waals surface area contributed by atoms with Gasteiger partial charge in [0.15, 0.2) is 0 Å². The van der Waals surface area contributed by atoms with Crippen LogP contribution >= 0.6 is 0 Å². The van der Waals surface area contributed by atoms with Gasteiger partial charge in [-0.05, 0) is 32.3 Å². The molecule has 0 bridgehead atoms. The summed E-state index contributed by atoms with van der Waals surface area (Å²) in [6, 6.07) is 8.24. The molecule has 1 aromatic carbocycles. The number of fused-ring (bicyclic) bond motifs is 1. The van der Waals surface area contributed by atoms with Crippen LogP contribution in [0.4, 0.5) is 0 Å². The fourth-order valence-corrected chi connectivity index (χ4v) is 3.07. The molecule has 0 unspecified atom stereocenters. The number of aromatic nitrogens is 4. The van der Waals surface area contributed by atoms with Crippen molar-refractivity contribution in [3.63, 3.8) is 0 Å². The summed E-state index contributed by atoms with van der Waals surface area (Å²) in [7, 11) is 0. The standard InChI is InChI=1S/C19H21N5O2/c1-12-3-5-14(6-4-12)13(2)22-18(25)11-23-19(26)16-9-21-24(15-7-8-15)17(16)10-20-23/h3-6,9-10,13,15H,7-8,11H2,1-2H3,(H,22,25)/t13-/m0/s1. The van der Waals surface area contributed by atoms with E-state index in [1.807, 2.05) is 42.8 Å². The molecular formula is C19H21N5O2. The van der Waals surface area contributed by atoms with E-state index < -0.39 is 0 Å². The molecule has 1 amide bonds. The number of nitrogens with zero attached hydrogens (tertiary/aromatic N) is 4. The minimum Gasteiger partial charge on any atom is -0.348 e. The fraction of sp³-hybridized carbons (Fsp3) is 0.368.